The summed E-state index contributed by atoms with van der Waals surface area (Å²) in [4.78, 5) is 0. The summed E-state index contributed by atoms with van der Waals surface area (Å²) in [6.07, 6.45) is 17.6. The molecule has 3 atom stereocenters. The SMILES string of the molecule is CCCNC(CCC1CCCC1)C1CCCCC1CC. The van der Waals surface area contributed by atoms with Crippen molar-refractivity contribution in [3.05, 3.63) is 0 Å². The fourth-order valence-corrected chi connectivity index (χ4v) is 4.78. The summed E-state index contributed by atoms with van der Waals surface area (Å²) in [7, 11) is 0. The van der Waals surface area contributed by atoms with Crippen LogP contribution in [0.25, 0.3) is 0 Å². The first kappa shape index (κ1) is 16.3. The van der Waals surface area contributed by atoms with Crippen molar-refractivity contribution >= 4 is 0 Å². The molecule has 0 aliphatic heterocycles. The van der Waals surface area contributed by atoms with Crippen LogP contribution in [0.5, 0.6) is 0 Å². The maximum Gasteiger partial charge on any atom is 0.00980 e. The summed E-state index contributed by atoms with van der Waals surface area (Å²) in [5, 5.41) is 3.93. The first-order valence-corrected chi connectivity index (χ1v) is 9.58. The molecule has 1 nitrogen and oxygen atoms in total. The van der Waals surface area contributed by atoms with E-state index in [2.05, 4.69) is 19.2 Å². The Bertz CT molecular complexity index is 244. The standard InChI is InChI=1S/C19H37N/c1-3-15-20-19(14-13-16-9-5-6-10-16)18-12-8-7-11-17(18)4-2/h16-20H,3-15H2,1-2H3. The molecule has 3 unspecified atom stereocenters. The van der Waals surface area contributed by atoms with Crippen molar-refractivity contribution < 1.29 is 0 Å². The predicted octanol–water partition coefficient (Wildman–Crippen LogP) is 5.54. The minimum atomic E-state index is 0.820. The lowest BCUT2D eigenvalue weighted by Crippen LogP contribution is -2.41. The Morgan fingerprint density at radius 1 is 0.950 bits per heavy atom. The number of hydrogen-bond donors (Lipinski definition) is 1. The summed E-state index contributed by atoms with van der Waals surface area (Å²) in [6.45, 7) is 5.94. The maximum absolute atomic E-state index is 3.93. The van der Waals surface area contributed by atoms with Crippen molar-refractivity contribution in [3.8, 4) is 0 Å². The van der Waals surface area contributed by atoms with E-state index in [0.717, 1.165) is 23.8 Å². The van der Waals surface area contributed by atoms with Crippen LogP contribution in [0.15, 0.2) is 0 Å². The Morgan fingerprint density at radius 3 is 2.35 bits per heavy atom. The van der Waals surface area contributed by atoms with E-state index in [-0.39, 0.29) is 0 Å². The first-order chi connectivity index (χ1) is 9.85. The molecule has 2 aliphatic rings. The zero-order chi connectivity index (χ0) is 14.2. The Balaban J connectivity index is 1.86. The van der Waals surface area contributed by atoms with Crippen LogP contribution in [-0.4, -0.2) is 12.6 Å². The Labute approximate surface area is 127 Å². The van der Waals surface area contributed by atoms with E-state index in [4.69, 9.17) is 0 Å². The lowest BCUT2D eigenvalue weighted by molar-refractivity contribution is 0.163. The average Bonchev–Trinajstić information content (AvgIpc) is 3.01. The minimum absolute atomic E-state index is 0.820. The van der Waals surface area contributed by atoms with Crippen molar-refractivity contribution in [2.45, 2.75) is 96.9 Å². The zero-order valence-electron chi connectivity index (χ0n) is 14.0. The third-order valence-electron chi connectivity index (χ3n) is 6.03. The normalized spacial score (nSPS) is 29.7. The molecule has 0 aromatic heterocycles. The minimum Gasteiger partial charge on any atom is -0.314 e. The molecule has 1 N–H and O–H groups in total. The van der Waals surface area contributed by atoms with Crippen LogP contribution in [0.1, 0.15) is 90.9 Å². The molecule has 0 aromatic rings. The summed E-state index contributed by atoms with van der Waals surface area (Å²) in [6, 6.07) is 0.820. The number of hydrogen-bond acceptors (Lipinski definition) is 1. The van der Waals surface area contributed by atoms with Crippen LogP contribution in [0, 0.1) is 17.8 Å². The highest BCUT2D eigenvalue weighted by Crippen LogP contribution is 2.37. The second-order valence-electron chi connectivity index (χ2n) is 7.41. The Hall–Kier alpha value is -0.0400. The third kappa shape index (κ3) is 4.76. The fourth-order valence-electron chi connectivity index (χ4n) is 4.78. The topological polar surface area (TPSA) is 12.0 Å². The van der Waals surface area contributed by atoms with E-state index in [1.165, 1.54) is 83.6 Å². The molecule has 2 fully saturated rings. The van der Waals surface area contributed by atoms with Gasteiger partial charge in [0.25, 0.3) is 0 Å². The van der Waals surface area contributed by atoms with Gasteiger partial charge in [-0.3, -0.25) is 0 Å². The molecule has 0 aromatic carbocycles. The van der Waals surface area contributed by atoms with Gasteiger partial charge in [0, 0.05) is 6.04 Å². The highest BCUT2D eigenvalue weighted by atomic mass is 14.9. The van der Waals surface area contributed by atoms with Gasteiger partial charge in [-0.2, -0.15) is 0 Å². The van der Waals surface area contributed by atoms with Gasteiger partial charge in [-0.05, 0) is 50.0 Å². The highest BCUT2D eigenvalue weighted by molar-refractivity contribution is 4.85. The van der Waals surface area contributed by atoms with Crippen LogP contribution in [0.4, 0.5) is 0 Å². The summed E-state index contributed by atoms with van der Waals surface area (Å²) in [5.41, 5.74) is 0. The third-order valence-corrected chi connectivity index (χ3v) is 6.03. The summed E-state index contributed by atoms with van der Waals surface area (Å²) >= 11 is 0. The molecule has 0 bridgehead atoms. The summed E-state index contributed by atoms with van der Waals surface area (Å²) in [5.74, 6) is 3.04. The largest absolute Gasteiger partial charge is 0.314 e. The van der Waals surface area contributed by atoms with Gasteiger partial charge >= 0.3 is 0 Å². The second-order valence-corrected chi connectivity index (χ2v) is 7.41. The van der Waals surface area contributed by atoms with E-state index < -0.39 is 0 Å². The molecule has 0 saturated heterocycles. The quantitative estimate of drug-likeness (QED) is 0.615. The van der Waals surface area contributed by atoms with Gasteiger partial charge in [0.05, 0.1) is 0 Å². The molecule has 0 radical (unpaired) electrons. The molecule has 118 valence electrons. The van der Waals surface area contributed by atoms with Crippen molar-refractivity contribution in [3.63, 3.8) is 0 Å². The van der Waals surface area contributed by atoms with E-state index in [9.17, 15) is 0 Å². The van der Waals surface area contributed by atoms with Gasteiger partial charge < -0.3 is 5.32 Å². The lowest BCUT2D eigenvalue weighted by Gasteiger charge is -2.38. The Kier molecular flexibility index (Phi) is 7.41. The van der Waals surface area contributed by atoms with Crippen molar-refractivity contribution in [1.82, 2.24) is 5.32 Å². The van der Waals surface area contributed by atoms with E-state index in [1.54, 1.807) is 0 Å². The average molecular weight is 280 g/mol. The predicted molar refractivity (Wildman–Crippen MR) is 89.0 cm³/mol. The molecule has 2 rings (SSSR count). The van der Waals surface area contributed by atoms with E-state index in [1.807, 2.05) is 0 Å². The molecule has 2 saturated carbocycles. The van der Waals surface area contributed by atoms with Crippen LogP contribution in [-0.2, 0) is 0 Å². The molecule has 1 heteroatoms. The number of rotatable bonds is 8. The van der Waals surface area contributed by atoms with Gasteiger partial charge in [0.15, 0.2) is 0 Å². The van der Waals surface area contributed by atoms with Gasteiger partial charge in [0.1, 0.15) is 0 Å². The smallest absolute Gasteiger partial charge is 0.00980 e. The molecule has 2 aliphatic carbocycles. The van der Waals surface area contributed by atoms with E-state index >= 15 is 0 Å². The lowest BCUT2D eigenvalue weighted by atomic mass is 9.72. The maximum atomic E-state index is 3.93. The summed E-state index contributed by atoms with van der Waals surface area (Å²) < 4.78 is 0. The molecular weight excluding hydrogens is 242 g/mol. The van der Waals surface area contributed by atoms with Crippen LogP contribution < -0.4 is 5.32 Å². The van der Waals surface area contributed by atoms with E-state index in [0.29, 0.717) is 0 Å². The van der Waals surface area contributed by atoms with Gasteiger partial charge in [-0.15, -0.1) is 0 Å². The number of nitrogens with one attached hydrogen (secondary N) is 1. The molecule has 20 heavy (non-hydrogen) atoms. The van der Waals surface area contributed by atoms with Gasteiger partial charge in [-0.25, -0.2) is 0 Å². The second kappa shape index (κ2) is 9.07. The zero-order valence-corrected chi connectivity index (χ0v) is 14.0. The van der Waals surface area contributed by atoms with Gasteiger partial charge in [-0.1, -0.05) is 65.2 Å². The molecule has 0 heterocycles. The fraction of sp³-hybridized carbons (Fsp3) is 1.00. The monoisotopic (exact) mass is 279 g/mol. The highest BCUT2D eigenvalue weighted by Gasteiger charge is 2.30. The van der Waals surface area contributed by atoms with Crippen molar-refractivity contribution in [2.75, 3.05) is 6.54 Å². The molecular formula is C19H37N. The van der Waals surface area contributed by atoms with Crippen LogP contribution in [0.2, 0.25) is 0 Å². The molecule has 0 spiro atoms. The Morgan fingerprint density at radius 2 is 1.65 bits per heavy atom. The van der Waals surface area contributed by atoms with Crippen molar-refractivity contribution in [2.24, 2.45) is 17.8 Å². The van der Waals surface area contributed by atoms with Crippen molar-refractivity contribution in [1.29, 1.82) is 0 Å². The van der Waals surface area contributed by atoms with Gasteiger partial charge in [0.2, 0.25) is 0 Å². The molecule has 0 amide bonds. The van der Waals surface area contributed by atoms with Crippen LogP contribution >= 0.6 is 0 Å². The first-order valence-electron chi connectivity index (χ1n) is 9.58. The van der Waals surface area contributed by atoms with Crippen LogP contribution in [0.3, 0.4) is 0 Å².